The van der Waals surface area contributed by atoms with Gasteiger partial charge in [-0.1, -0.05) is 109 Å². The number of furan rings is 1. The van der Waals surface area contributed by atoms with E-state index in [2.05, 4.69) is 114 Å². The molecule has 0 saturated heterocycles. The lowest BCUT2D eigenvalue weighted by Crippen LogP contribution is -1.97. The van der Waals surface area contributed by atoms with Gasteiger partial charge in [0, 0.05) is 60.0 Å². The molecule has 0 atom stereocenters. The molecule has 0 radical (unpaired) electrons. The molecule has 0 saturated carbocycles. The second kappa shape index (κ2) is 11.6. The van der Waals surface area contributed by atoms with Gasteiger partial charge in [0.2, 0.25) is 0 Å². The molecule has 0 N–H and O–H groups in total. The second-order valence-corrected chi connectivity index (χ2v) is 13.5. The van der Waals surface area contributed by atoms with Gasteiger partial charge in [-0.05, 0) is 64.7 Å². The Morgan fingerprint density at radius 1 is 0.440 bits per heavy atom. The van der Waals surface area contributed by atoms with Crippen LogP contribution in [-0.2, 0) is 0 Å². The zero-order valence-corrected chi connectivity index (χ0v) is 27.6. The Morgan fingerprint density at radius 3 is 1.98 bits per heavy atom. The third kappa shape index (κ3) is 4.71. The maximum absolute atomic E-state index is 6.76. The van der Waals surface area contributed by atoms with E-state index in [9.17, 15) is 0 Å². The Morgan fingerprint density at radius 2 is 1.12 bits per heavy atom. The van der Waals surface area contributed by atoms with Crippen molar-refractivity contribution in [1.82, 2.24) is 15.0 Å². The largest absolute Gasteiger partial charge is 0.455 e. The molecular formula is C45H27N3OS. The molecule has 10 aromatic rings. The Labute approximate surface area is 292 Å². The van der Waals surface area contributed by atoms with Crippen molar-refractivity contribution < 1.29 is 4.42 Å². The van der Waals surface area contributed by atoms with Gasteiger partial charge in [-0.2, -0.15) is 0 Å². The Bertz CT molecular complexity index is 2870. The third-order valence-electron chi connectivity index (χ3n) is 9.44. The molecule has 0 aliphatic heterocycles. The summed E-state index contributed by atoms with van der Waals surface area (Å²) in [6.07, 6.45) is 3.65. The third-order valence-corrected chi connectivity index (χ3v) is 10.6. The van der Waals surface area contributed by atoms with E-state index >= 15 is 0 Å². The number of fused-ring (bicyclic) bond motifs is 6. The van der Waals surface area contributed by atoms with Crippen LogP contribution < -0.4 is 0 Å². The number of thiophene rings is 1. The SMILES string of the molecule is c1ccc(-c2nc(-c3ccccc3-c3ccncc3)cc(-c3ccc(-c4ccc5c(c4)sc4ccccc45)c4c3oc3ccccc34)n2)cc1. The molecule has 10 rings (SSSR count). The molecule has 6 aromatic carbocycles. The zero-order chi connectivity index (χ0) is 33.0. The van der Waals surface area contributed by atoms with Gasteiger partial charge in [-0.15, -0.1) is 11.3 Å². The predicted octanol–water partition coefficient (Wildman–Crippen LogP) is 12.5. The number of hydrogen-bond donors (Lipinski definition) is 0. The van der Waals surface area contributed by atoms with Crippen molar-refractivity contribution in [3.05, 3.63) is 164 Å². The van der Waals surface area contributed by atoms with Gasteiger partial charge in [0.15, 0.2) is 5.82 Å². The van der Waals surface area contributed by atoms with E-state index < -0.39 is 0 Å². The van der Waals surface area contributed by atoms with Gasteiger partial charge >= 0.3 is 0 Å². The first-order chi connectivity index (χ1) is 24.8. The molecule has 4 nitrogen and oxygen atoms in total. The normalized spacial score (nSPS) is 11.6. The predicted molar refractivity (Wildman–Crippen MR) is 207 cm³/mol. The van der Waals surface area contributed by atoms with Crippen LogP contribution in [0.4, 0.5) is 0 Å². The minimum atomic E-state index is 0.659. The summed E-state index contributed by atoms with van der Waals surface area (Å²) in [5, 5.41) is 4.74. The van der Waals surface area contributed by atoms with E-state index in [0.717, 1.165) is 72.3 Å². The molecule has 50 heavy (non-hydrogen) atoms. The van der Waals surface area contributed by atoms with Gasteiger partial charge in [-0.25, -0.2) is 9.97 Å². The number of hydrogen-bond acceptors (Lipinski definition) is 5. The van der Waals surface area contributed by atoms with Crippen LogP contribution in [0, 0.1) is 0 Å². The Kier molecular flexibility index (Phi) is 6.64. The van der Waals surface area contributed by atoms with Gasteiger partial charge in [0.25, 0.3) is 0 Å². The molecule has 5 heteroatoms. The average molecular weight is 658 g/mol. The zero-order valence-electron chi connectivity index (χ0n) is 26.7. The van der Waals surface area contributed by atoms with Crippen molar-refractivity contribution in [3.8, 4) is 56.2 Å². The Hall–Kier alpha value is -6.43. The van der Waals surface area contributed by atoms with Crippen LogP contribution in [-0.4, -0.2) is 15.0 Å². The van der Waals surface area contributed by atoms with Gasteiger partial charge in [0.1, 0.15) is 11.2 Å². The Balaban J connectivity index is 1.22. The number of pyridine rings is 1. The van der Waals surface area contributed by atoms with E-state index in [1.54, 1.807) is 0 Å². The second-order valence-electron chi connectivity index (χ2n) is 12.4. The lowest BCUT2D eigenvalue weighted by molar-refractivity contribution is 0.670. The number of nitrogens with zero attached hydrogens (tertiary/aromatic N) is 3. The topological polar surface area (TPSA) is 51.8 Å². The highest BCUT2D eigenvalue weighted by Crippen LogP contribution is 2.44. The lowest BCUT2D eigenvalue weighted by Gasteiger charge is -2.14. The van der Waals surface area contributed by atoms with Crippen LogP contribution in [0.15, 0.2) is 168 Å². The van der Waals surface area contributed by atoms with Crippen LogP contribution >= 0.6 is 11.3 Å². The van der Waals surface area contributed by atoms with Crippen molar-refractivity contribution in [3.63, 3.8) is 0 Å². The minimum Gasteiger partial charge on any atom is -0.455 e. The molecule has 0 spiro atoms. The number of para-hydroxylation sites is 1. The van der Waals surface area contributed by atoms with Crippen molar-refractivity contribution >= 4 is 53.4 Å². The van der Waals surface area contributed by atoms with Crippen molar-refractivity contribution in [2.24, 2.45) is 0 Å². The van der Waals surface area contributed by atoms with E-state index in [0.29, 0.717) is 5.82 Å². The first-order valence-corrected chi connectivity index (χ1v) is 17.4. The first kappa shape index (κ1) is 28.6. The van der Waals surface area contributed by atoms with E-state index in [1.165, 1.54) is 20.2 Å². The monoisotopic (exact) mass is 657 g/mol. The van der Waals surface area contributed by atoms with E-state index in [4.69, 9.17) is 14.4 Å². The number of aromatic nitrogens is 3. The summed E-state index contributed by atoms with van der Waals surface area (Å²) in [6.45, 7) is 0. The summed E-state index contributed by atoms with van der Waals surface area (Å²) in [7, 11) is 0. The van der Waals surface area contributed by atoms with Crippen LogP contribution in [0.25, 0.3) is 98.3 Å². The average Bonchev–Trinajstić information content (AvgIpc) is 3.77. The highest BCUT2D eigenvalue weighted by molar-refractivity contribution is 7.25. The molecule has 0 fully saturated rings. The number of benzene rings is 6. The molecule has 0 unspecified atom stereocenters. The standard InChI is InChI=1S/C45H27N3OS/c1-2-10-29(11-3-1)45-47-38(33-13-5-4-12-31(33)28-22-24-46-25-23-28)27-39(48-45)36-21-20-32(43-37-15-6-8-16-40(37)49-44(36)43)30-18-19-35-34-14-7-9-17-41(34)50-42(35)26-30/h1-27H. The molecule has 4 aromatic heterocycles. The summed E-state index contributed by atoms with van der Waals surface area (Å²) in [4.78, 5) is 14.6. The molecule has 0 aliphatic carbocycles. The summed E-state index contributed by atoms with van der Waals surface area (Å²) in [5.41, 5.74) is 10.6. The van der Waals surface area contributed by atoms with Crippen molar-refractivity contribution in [2.75, 3.05) is 0 Å². The quantitative estimate of drug-likeness (QED) is 0.185. The summed E-state index contributed by atoms with van der Waals surface area (Å²) in [6, 6.07) is 52.9. The van der Waals surface area contributed by atoms with Crippen molar-refractivity contribution in [2.45, 2.75) is 0 Å². The molecule has 234 valence electrons. The summed E-state index contributed by atoms with van der Waals surface area (Å²) < 4.78 is 9.33. The van der Waals surface area contributed by atoms with Crippen LogP contribution in [0.1, 0.15) is 0 Å². The van der Waals surface area contributed by atoms with Crippen molar-refractivity contribution in [1.29, 1.82) is 0 Å². The smallest absolute Gasteiger partial charge is 0.160 e. The van der Waals surface area contributed by atoms with E-state index in [-0.39, 0.29) is 0 Å². The molecular weight excluding hydrogens is 631 g/mol. The maximum atomic E-state index is 6.76. The number of rotatable bonds is 5. The van der Waals surface area contributed by atoms with Gasteiger partial charge < -0.3 is 4.42 Å². The lowest BCUT2D eigenvalue weighted by atomic mass is 9.94. The fourth-order valence-corrected chi connectivity index (χ4v) is 8.24. The fourth-order valence-electron chi connectivity index (χ4n) is 7.09. The van der Waals surface area contributed by atoms with Gasteiger partial charge in [0.05, 0.1) is 11.4 Å². The van der Waals surface area contributed by atoms with E-state index in [1.807, 2.05) is 66.2 Å². The van der Waals surface area contributed by atoms with Crippen LogP contribution in [0.5, 0.6) is 0 Å². The first-order valence-electron chi connectivity index (χ1n) is 16.6. The maximum Gasteiger partial charge on any atom is 0.160 e. The van der Waals surface area contributed by atoms with Crippen LogP contribution in [0.3, 0.4) is 0 Å². The van der Waals surface area contributed by atoms with Crippen LogP contribution in [0.2, 0.25) is 0 Å². The molecule has 0 aliphatic rings. The molecule has 4 heterocycles. The summed E-state index contributed by atoms with van der Waals surface area (Å²) in [5.74, 6) is 0.659. The minimum absolute atomic E-state index is 0.659. The fraction of sp³-hybridized carbons (Fsp3) is 0. The summed E-state index contributed by atoms with van der Waals surface area (Å²) >= 11 is 1.84. The molecule has 0 amide bonds. The molecule has 0 bridgehead atoms. The highest BCUT2D eigenvalue weighted by atomic mass is 32.1. The van der Waals surface area contributed by atoms with Gasteiger partial charge in [-0.3, -0.25) is 4.98 Å². The highest BCUT2D eigenvalue weighted by Gasteiger charge is 2.21.